The van der Waals surface area contributed by atoms with Gasteiger partial charge < -0.3 is 14.4 Å². The molecule has 0 atom stereocenters. The first-order valence-electron chi connectivity index (χ1n) is 8.51. The Hall–Kier alpha value is -2.09. The van der Waals surface area contributed by atoms with Gasteiger partial charge in [-0.2, -0.15) is 0 Å². The molecule has 2 aromatic rings. The predicted molar refractivity (Wildman–Crippen MR) is 94.2 cm³/mol. The van der Waals surface area contributed by atoms with Crippen molar-refractivity contribution >= 4 is 23.4 Å². The average Bonchev–Trinajstić information content (AvgIpc) is 3.38. The first kappa shape index (κ1) is 16.4. The van der Waals surface area contributed by atoms with Crippen LogP contribution in [0.25, 0.3) is 0 Å². The van der Waals surface area contributed by atoms with Gasteiger partial charge in [-0.25, -0.2) is 4.39 Å². The Morgan fingerprint density at radius 1 is 1.16 bits per heavy atom. The molecule has 132 valence electrons. The van der Waals surface area contributed by atoms with E-state index in [1.54, 1.807) is 18.5 Å². The number of amides is 1. The van der Waals surface area contributed by atoms with E-state index in [0.29, 0.717) is 24.9 Å². The SMILES string of the molecule is O=C(CSc1nncn1C1CC1)N1CCN(c2ccc(F)cc2)CC1. The maximum atomic E-state index is 13.0. The Labute approximate surface area is 150 Å². The van der Waals surface area contributed by atoms with Gasteiger partial charge >= 0.3 is 0 Å². The zero-order chi connectivity index (χ0) is 17.2. The molecule has 2 fully saturated rings. The van der Waals surface area contributed by atoms with Crippen molar-refractivity contribution in [1.29, 1.82) is 0 Å². The summed E-state index contributed by atoms with van der Waals surface area (Å²) in [5.41, 5.74) is 1.00. The van der Waals surface area contributed by atoms with E-state index < -0.39 is 0 Å². The quantitative estimate of drug-likeness (QED) is 0.764. The lowest BCUT2D eigenvalue weighted by Crippen LogP contribution is -2.49. The molecule has 4 rings (SSSR count). The Kier molecular flexibility index (Phi) is 4.61. The van der Waals surface area contributed by atoms with Crippen molar-refractivity contribution in [3.05, 3.63) is 36.4 Å². The monoisotopic (exact) mass is 361 g/mol. The molecule has 8 heteroatoms. The van der Waals surface area contributed by atoms with Gasteiger partial charge in [0.25, 0.3) is 0 Å². The first-order chi connectivity index (χ1) is 12.2. The van der Waals surface area contributed by atoms with Gasteiger partial charge in [-0.15, -0.1) is 10.2 Å². The summed E-state index contributed by atoms with van der Waals surface area (Å²) >= 11 is 1.47. The fourth-order valence-electron chi connectivity index (χ4n) is 3.02. The highest BCUT2D eigenvalue weighted by Gasteiger charge is 2.27. The number of anilines is 1. The molecule has 1 aliphatic heterocycles. The summed E-state index contributed by atoms with van der Waals surface area (Å²) in [7, 11) is 0. The van der Waals surface area contributed by atoms with Crippen LogP contribution in [0, 0.1) is 5.82 Å². The Morgan fingerprint density at radius 2 is 1.88 bits per heavy atom. The lowest BCUT2D eigenvalue weighted by atomic mass is 10.2. The first-order valence-corrected chi connectivity index (χ1v) is 9.50. The number of thioether (sulfide) groups is 1. The largest absolute Gasteiger partial charge is 0.368 e. The molecule has 25 heavy (non-hydrogen) atoms. The summed E-state index contributed by atoms with van der Waals surface area (Å²) in [6.07, 6.45) is 4.10. The number of aromatic nitrogens is 3. The van der Waals surface area contributed by atoms with Crippen LogP contribution in [0.5, 0.6) is 0 Å². The highest BCUT2D eigenvalue weighted by atomic mass is 32.2. The molecule has 2 heterocycles. The standard InChI is InChI=1S/C17H20FN5OS/c18-13-1-3-14(4-2-13)21-7-9-22(10-8-21)16(24)11-25-17-20-19-12-23(17)15-5-6-15/h1-4,12,15H,5-11H2. The second-order valence-electron chi connectivity index (χ2n) is 6.38. The van der Waals surface area contributed by atoms with Crippen LogP contribution in [0.1, 0.15) is 18.9 Å². The lowest BCUT2D eigenvalue weighted by Gasteiger charge is -2.36. The van der Waals surface area contributed by atoms with Crippen LogP contribution in [-0.4, -0.2) is 57.5 Å². The third-order valence-corrected chi connectivity index (χ3v) is 5.57. The molecule has 0 unspecified atom stereocenters. The molecular formula is C17H20FN5OS. The maximum Gasteiger partial charge on any atom is 0.233 e. The summed E-state index contributed by atoms with van der Waals surface area (Å²) in [6, 6.07) is 7.03. The van der Waals surface area contributed by atoms with Gasteiger partial charge in [-0.05, 0) is 37.1 Å². The second kappa shape index (κ2) is 7.03. The fourth-order valence-corrected chi connectivity index (χ4v) is 3.91. The zero-order valence-corrected chi connectivity index (χ0v) is 14.7. The Bertz CT molecular complexity index is 738. The molecule has 1 saturated heterocycles. The molecule has 1 aliphatic carbocycles. The molecule has 1 amide bonds. The number of hydrogen-bond acceptors (Lipinski definition) is 5. The molecule has 0 N–H and O–H groups in total. The van der Waals surface area contributed by atoms with Crippen LogP contribution in [-0.2, 0) is 4.79 Å². The highest BCUT2D eigenvalue weighted by Crippen LogP contribution is 2.37. The van der Waals surface area contributed by atoms with Gasteiger partial charge in [0.15, 0.2) is 5.16 Å². The van der Waals surface area contributed by atoms with E-state index in [0.717, 1.165) is 23.9 Å². The fraction of sp³-hybridized carbons (Fsp3) is 0.471. The summed E-state index contributed by atoms with van der Waals surface area (Å²) in [5.74, 6) is 0.296. The predicted octanol–water partition coefficient (Wildman–Crippen LogP) is 2.19. The number of carbonyl (C=O) groups is 1. The van der Waals surface area contributed by atoms with Crippen molar-refractivity contribution in [2.24, 2.45) is 0 Å². The van der Waals surface area contributed by atoms with Gasteiger partial charge in [-0.1, -0.05) is 11.8 Å². The van der Waals surface area contributed by atoms with Crippen molar-refractivity contribution in [3.63, 3.8) is 0 Å². The van der Waals surface area contributed by atoms with E-state index in [2.05, 4.69) is 19.7 Å². The molecular weight excluding hydrogens is 341 g/mol. The minimum Gasteiger partial charge on any atom is -0.368 e. The number of rotatable bonds is 5. The third-order valence-electron chi connectivity index (χ3n) is 4.63. The van der Waals surface area contributed by atoms with Crippen LogP contribution >= 0.6 is 11.8 Å². The van der Waals surface area contributed by atoms with E-state index >= 15 is 0 Å². The van der Waals surface area contributed by atoms with Crippen molar-refractivity contribution in [1.82, 2.24) is 19.7 Å². The lowest BCUT2D eigenvalue weighted by molar-refractivity contribution is -0.128. The molecule has 0 radical (unpaired) electrons. The van der Waals surface area contributed by atoms with Crippen molar-refractivity contribution in [3.8, 4) is 0 Å². The summed E-state index contributed by atoms with van der Waals surface area (Å²) in [6.45, 7) is 2.90. The molecule has 6 nitrogen and oxygen atoms in total. The van der Waals surface area contributed by atoms with Gasteiger partial charge in [0.2, 0.25) is 5.91 Å². The number of hydrogen-bond donors (Lipinski definition) is 0. The second-order valence-corrected chi connectivity index (χ2v) is 7.33. The van der Waals surface area contributed by atoms with Gasteiger partial charge in [0.05, 0.1) is 5.75 Å². The van der Waals surface area contributed by atoms with Crippen molar-refractivity contribution in [2.75, 3.05) is 36.8 Å². The van der Waals surface area contributed by atoms with Gasteiger partial charge in [0, 0.05) is 37.9 Å². The normalized spacial score (nSPS) is 17.8. The molecule has 1 aromatic heterocycles. The van der Waals surface area contributed by atoms with Crippen LogP contribution in [0.15, 0.2) is 35.7 Å². The Balaban J connectivity index is 1.27. The van der Waals surface area contributed by atoms with E-state index in [9.17, 15) is 9.18 Å². The zero-order valence-electron chi connectivity index (χ0n) is 13.8. The average molecular weight is 361 g/mol. The van der Waals surface area contributed by atoms with E-state index in [4.69, 9.17) is 0 Å². The smallest absolute Gasteiger partial charge is 0.233 e. The minimum absolute atomic E-state index is 0.133. The minimum atomic E-state index is -0.228. The molecule has 0 spiro atoms. The van der Waals surface area contributed by atoms with E-state index in [1.165, 1.54) is 36.7 Å². The maximum absolute atomic E-state index is 13.0. The van der Waals surface area contributed by atoms with E-state index in [1.807, 2.05) is 4.90 Å². The third kappa shape index (κ3) is 3.78. The molecule has 1 aromatic carbocycles. The Morgan fingerprint density at radius 3 is 2.56 bits per heavy atom. The van der Waals surface area contributed by atoms with Crippen molar-refractivity contribution < 1.29 is 9.18 Å². The van der Waals surface area contributed by atoms with Crippen molar-refractivity contribution in [2.45, 2.75) is 24.0 Å². The molecule has 0 bridgehead atoms. The highest BCUT2D eigenvalue weighted by molar-refractivity contribution is 7.99. The number of halogens is 1. The van der Waals surface area contributed by atoms with Crippen LogP contribution < -0.4 is 4.90 Å². The van der Waals surface area contributed by atoms with Crippen LogP contribution in [0.4, 0.5) is 10.1 Å². The number of nitrogens with zero attached hydrogens (tertiary/aromatic N) is 5. The van der Waals surface area contributed by atoms with Crippen LogP contribution in [0.3, 0.4) is 0 Å². The van der Waals surface area contributed by atoms with Crippen LogP contribution in [0.2, 0.25) is 0 Å². The number of piperazine rings is 1. The number of benzene rings is 1. The summed E-state index contributed by atoms with van der Waals surface area (Å²) < 4.78 is 15.1. The van der Waals surface area contributed by atoms with Gasteiger partial charge in [-0.3, -0.25) is 4.79 Å². The van der Waals surface area contributed by atoms with E-state index in [-0.39, 0.29) is 11.7 Å². The number of carbonyl (C=O) groups excluding carboxylic acids is 1. The molecule has 1 saturated carbocycles. The summed E-state index contributed by atoms with van der Waals surface area (Å²) in [4.78, 5) is 16.5. The molecule has 2 aliphatic rings. The summed E-state index contributed by atoms with van der Waals surface area (Å²) in [5, 5.41) is 8.91. The topological polar surface area (TPSA) is 54.3 Å². The van der Waals surface area contributed by atoms with Gasteiger partial charge in [0.1, 0.15) is 12.1 Å².